The van der Waals surface area contributed by atoms with Gasteiger partial charge < -0.3 is 14.6 Å². The number of cyclic esters (lactones) is 1. The quantitative estimate of drug-likeness (QED) is 0.604. The van der Waals surface area contributed by atoms with Crippen molar-refractivity contribution in [1.82, 2.24) is 0 Å². The molecule has 0 aromatic heterocycles. The summed E-state index contributed by atoms with van der Waals surface area (Å²) < 4.78 is 25.0. The summed E-state index contributed by atoms with van der Waals surface area (Å²) >= 11 is 0. The highest BCUT2D eigenvalue weighted by Crippen LogP contribution is 2.34. The summed E-state index contributed by atoms with van der Waals surface area (Å²) in [5.74, 6) is -1.93. The van der Waals surface area contributed by atoms with E-state index in [-0.39, 0.29) is 12.1 Å². The van der Waals surface area contributed by atoms with Gasteiger partial charge >= 0.3 is 11.9 Å². The molecule has 6 atom stereocenters. The molecule has 2 rings (SSSR count). The zero-order valence-electron chi connectivity index (χ0n) is 13.8. The van der Waals surface area contributed by atoms with E-state index < -0.39 is 48.4 Å². The van der Waals surface area contributed by atoms with E-state index in [0.717, 1.165) is 0 Å². The van der Waals surface area contributed by atoms with Crippen LogP contribution in [0.4, 0.5) is 4.39 Å². The van der Waals surface area contributed by atoms with E-state index in [1.165, 1.54) is 19.1 Å². The van der Waals surface area contributed by atoms with Crippen molar-refractivity contribution in [2.45, 2.75) is 51.3 Å². The molecular weight excluding hydrogens is 319 g/mol. The van der Waals surface area contributed by atoms with Crippen molar-refractivity contribution in [1.29, 1.82) is 0 Å². The fourth-order valence-electron chi connectivity index (χ4n) is 2.91. The Morgan fingerprint density at radius 1 is 1.50 bits per heavy atom. The van der Waals surface area contributed by atoms with Crippen LogP contribution in [0.15, 0.2) is 34.0 Å². The van der Waals surface area contributed by atoms with Gasteiger partial charge in [0.25, 0.3) is 0 Å². The van der Waals surface area contributed by atoms with Crippen molar-refractivity contribution < 1.29 is 28.6 Å². The Morgan fingerprint density at radius 3 is 2.79 bits per heavy atom. The summed E-state index contributed by atoms with van der Waals surface area (Å²) in [6, 6.07) is -0.766. The smallest absolute Gasteiger partial charge is 0.313 e. The largest absolute Gasteiger partial charge is 0.456 e. The maximum Gasteiger partial charge on any atom is 0.313 e. The van der Waals surface area contributed by atoms with Gasteiger partial charge in [-0.3, -0.25) is 9.59 Å². The van der Waals surface area contributed by atoms with E-state index in [4.69, 9.17) is 9.47 Å². The molecule has 2 aliphatic heterocycles. The van der Waals surface area contributed by atoms with Gasteiger partial charge in [0, 0.05) is 6.92 Å². The van der Waals surface area contributed by atoms with E-state index in [0.29, 0.717) is 0 Å². The number of nitrogens with zero attached hydrogens (tertiary/aromatic N) is 2. The fraction of sp³-hybridized carbons (Fsp3) is 0.625. The number of fused-ring (bicyclic) bond motifs is 1. The normalized spacial score (nSPS) is 32.4. The molecule has 7 nitrogen and oxygen atoms in total. The molecule has 6 unspecified atom stereocenters. The van der Waals surface area contributed by atoms with E-state index in [2.05, 4.69) is 10.2 Å². The topological polar surface area (TPSA) is 97.6 Å². The zero-order chi connectivity index (χ0) is 17.9. The zero-order valence-corrected chi connectivity index (χ0v) is 13.8. The predicted octanol–water partition coefficient (Wildman–Crippen LogP) is 1.52. The average molecular weight is 340 g/mol. The van der Waals surface area contributed by atoms with E-state index >= 15 is 0 Å². The third-order valence-electron chi connectivity index (χ3n) is 4.07. The number of rotatable bonds is 5. The molecule has 2 aliphatic rings. The molecule has 1 N–H and O–H groups in total. The summed E-state index contributed by atoms with van der Waals surface area (Å²) in [4.78, 5) is 23.4. The third-order valence-corrected chi connectivity index (χ3v) is 4.07. The van der Waals surface area contributed by atoms with Gasteiger partial charge in [0.2, 0.25) is 0 Å². The molecule has 1 saturated heterocycles. The van der Waals surface area contributed by atoms with Crippen LogP contribution in [0.5, 0.6) is 0 Å². The van der Waals surface area contributed by atoms with Crippen molar-refractivity contribution in [3.05, 3.63) is 23.8 Å². The Labute approximate surface area is 139 Å². The summed E-state index contributed by atoms with van der Waals surface area (Å²) in [5.41, 5.74) is 0.234. The van der Waals surface area contributed by atoms with E-state index in [1.807, 2.05) is 0 Å². The number of aliphatic hydroxyl groups excluding tert-OH is 1. The van der Waals surface area contributed by atoms with Gasteiger partial charge in [0.1, 0.15) is 18.1 Å². The molecule has 8 heteroatoms. The summed E-state index contributed by atoms with van der Waals surface area (Å²) in [6.45, 7) is 4.66. The van der Waals surface area contributed by atoms with E-state index in [1.54, 1.807) is 19.9 Å². The van der Waals surface area contributed by atoms with Crippen LogP contribution in [-0.4, -0.2) is 54.1 Å². The first-order valence-corrected chi connectivity index (χ1v) is 7.76. The number of azo groups is 1. The van der Waals surface area contributed by atoms with Gasteiger partial charge in [-0.25, -0.2) is 4.39 Å². The van der Waals surface area contributed by atoms with Crippen LogP contribution in [0.2, 0.25) is 0 Å². The minimum absolute atomic E-state index is 0.127. The van der Waals surface area contributed by atoms with Crippen molar-refractivity contribution >= 4 is 11.9 Å². The minimum atomic E-state index is -1.81. The van der Waals surface area contributed by atoms with Crippen molar-refractivity contribution in [3.8, 4) is 0 Å². The van der Waals surface area contributed by atoms with Crippen LogP contribution in [-0.2, 0) is 19.1 Å². The molecule has 0 spiro atoms. The predicted molar refractivity (Wildman–Crippen MR) is 81.9 cm³/mol. The first-order valence-electron chi connectivity index (χ1n) is 7.76. The van der Waals surface area contributed by atoms with Crippen LogP contribution in [0.3, 0.4) is 0 Å². The molecule has 24 heavy (non-hydrogen) atoms. The highest BCUT2D eigenvalue weighted by atomic mass is 19.1. The standard InChI is InChI=1S/C16H21FN2O5/c1-4-6-9(5-2)11(17)13(21)15-14(23-8(3)20)12-10(7-18-19-12)16(22)24-15/h4-6,10-15,21H,7H2,1-3H3. The minimum Gasteiger partial charge on any atom is -0.456 e. The van der Waals surface area contributed by atoms with Crippen LogP contribution in [0.1, 0.15) is 20.8 Å². The number of carbonyl (C=O) groups is 2. The second kappa shape index (κ2) is 7.65. The fourth-order valence-corrected chi connectivity index (χ4v) is 2.91. The molecule has 0 aromatic carbocycles. The molecule has 0 amide bonds. The SMILES string of the molecule is CC=CC(=CC)C(F)C(O)C1OC(=O)C2CN=NC2C1OC(C)=O. The van der Waals surface area contributed by atoms with Crippen molar-refractivity contribution in [2.24, 2.45) is 16.1 Å². The van der Waals surface area contributed by atoms with Crippen LogP contribution in [0.25, 0.3) is 0 Å². The number of esters is 2. The highest BCUT2D eigenvalue weighted by Gasteiger charge is 2.54. The van der Waals surface area contributed by atoms with Gasteiger partial charge in [0.15, 0.2) is 18.4 Å². The van der Waals surface area contributed by atoms with Gasteiger partial charge in [-0.15, -0.1) is 0 Å². The lowest BCUT2D eigenvalue weighted by Gasteiger charge is -2.38. The molecule has 0 saturated carbocycles. The van der Waals surface area contributed by atoms with Crippen LogP contribution >= 0.6 is 0 Å². The number of hydrogen-bond acceptors (Lipinski definition) is 7. The molecule has 132 valence electrons. The molecule has 0 aromatic rings. The lowest BCUT2D eigenvalue weighted by molar-refractivity contribution is -0.198. The highest BCUT2D eigenvalue weighted by molar-refractivity contribution is 5.76. The number of hydrogen-bond donors (Lipinski definition) is 1. The number of ether oxygens (including phenoxy) is 2. The van der Waals surface area contributed by atoms with Crippen molar-refractivity contribution in [3.63, 3.8) is 0 Å². The Hall–Kier alpha value is -2.09. The number of alkyl halides is 1. The van der Waals surface area contributed by atoms with E-state index in [9.17, 15) is 19.1 Å². The Balaban J connectivity index is 2.28. The van der Waals surface area contributed by atoms with Crippen LogP contribution < -0.4 is 0 Å². The summed E-state index contributed by atoms with van der Waals surface area (Å²) in [5, 5.41) is 18.1. The maximum absolute atomic E-state index is 14.7. The van der Waals surface area contributed by atoms with Gasteiger partial charge in [-0.05, 0) is 19.4 Å². The van der Waals surface area contributed by atoms with Gasteiger partial charge in [-0.2, -0.15) is 10.2 Å². The Bertz CT molecular complexity index is 589. The first kappa shape index (κ1) is 18.3. The lowest BCUT2D eigenvalue weighted by Crippen LogP contribution is -2.58. The summed E-state index contributed by atoms with van der Waals surface area (Å²) in [7, 11) is 0. The average Bonchev–Trinajstić information content (AvgIpc) is 3.03. The first-order chi connectivity index (χ1) is 11.4. The lowest BCUT2D eigenvalue weighted by atomic mass is 9.86. The summed E-state index contributed by atoms with van der Waals surface area (Å²) in [6.07, 6.45) is -1.28. The molecule has 0 aliphatic carbocycles. The van der Waals surface area contributed by atoms with Crippen LogP contribution in [0, 0.1) is 5.92 Å². The Kier molecular flexibility index (Phi) is 5.82. The van der Waals surface area contributed by atoms with Gasteiger partial charge in [-0.1, -0.05) is 18.2 Å². The number of carbonyl (C=O) groups excluding carboxylic acids is 2. The monoisotopic (exact) mass is 340 g/mol. The molecule has 1 fully saturated rings. The molecule has 2 heterocycles. The number of halogens is 1. The number of aliphatic hydroxyl groups is 1. The second-order valence-corrected chi connectivity index (χ2v) is 5.69. The second-order valence-electron chi connectivity index (χ2n) is 5.69. The van der Waals surface area contributed by atoms with Gasteiger partial charge in [0.05, 0.1) is 6.54 Å². The molecular formula is C16H21FN2O5. The molecule has 0 radical (unpaired) electrons. The molecule has 0 bridgehead atoms. The Morgan fingerprint density at radius 2 is 2.21 bits per heavy atom. The third kappa shape index (κ3) is 3.53. The number of allylic oxidation sites excluding steroid dienone is 3. The maximum atomic E-state index is 14.7. The van der Waals surface area contributed by atoms with Crippen molar-refractivity contribution in [2.75, 3.05) is 6.54 Å².